The summed E-state index contributed by atoms with van der Waals surface area (Å²) in [5.74, 6) is -1.61. The summed E-state index contributed by atoms with van der Waals surface area (Å²) >= 11 is 0. The summed E-state index contributed by atoms with van der Waals surface area (Å²) in [6.45, 7) is 2.69. The average Bonchev–Trinajstić information content (AvgIpc) is 2.92. The average molecular weight is 536 g/mol. The van der Waals surface area contributed by atoms with Crippen LogP contribution in [0.15, 0.2) is 63.8 Å². The van der Waals surface area contributed by atoms with E-state index >= 15 is 0 Å². The van der Waals surface area contributed by atoms with Crippen molar-refractivity contribution in [2.24, 2.45) is 5.73 Å². The van der Waals surface area contributed by atoms with Crippen LogP contribution in [0.1, 0.15) is 66.9 Å². The first-order chi connectivity index (χ1) is 18.9. The van der Waals surface area contributed by atoms with Crippen LogP contribution in [0.3, 0.4) is 0 Å². The monoisotopic (exact) mass is 535 g/mol. The van der Waals surface area contributed by atoms with E-state index in [0.717, 1.165) is 31.2 Å². The number of aryl methyl sites for hydroxylation is 1. The van der Waals surface area contributed by atoms with E-state index in [0.29, 0.717) is 35.9 Å². The van der Waals surface area contributed by atoms with Crippen LogP contribution < -0.4 is 27.5 Å². The number of unbranched alkanes of at least 4 members (excludes halogenated alkanes) is 3. The third-order valence-electron chi connectivity index (χ3n) is 6.27. The van der Waals surface area contributed by atoms with Crippen LogP contribution in [0, 0.1) is 5.41 Å². The minimum atomic E-state index is -0.896. The van der Waals surface area contributed by atoms with Crippen LogP contribution in [-0.4, -0.2) is 30.4 Å². The van der Waals surface area contributed by atoms with Crippen LogP contribution in [0.5, 0.6) is 0 Å². The Bertz CT molecular complexity index is 1310. The second kappa shape index (κ2) is 15.4. The third-order valence-corrected chi connectivity index (χ3v) is 6.27. The van der Waals surface area contributed by atoms with Gasteiger partial charge >= 0.3 is 5.63 Å². The molecule has 0 bridgehead atoms. The van der Waals surface area contributed by atoms with Crippen molar-refractivity contribution in [2.75, 3.05) is 6.54 Å². The number of nitrogens with one attached hydrogen (secondary N) is 4. The number of amides is 2. The highest BCUT2D eigenvalue weighted by atomic mass is 16.6. The van der Waals surface area contributed by atoms with Crippen molar-refractivity contribution in [2.45, 2.75) is 64.5 Å². The van der Waals surface area contributed by atoms with Crippen LogP contribution in [0.4, 0.5) is 0 Å². The molecule has 0 aliphatic heterocycles. The van der Waals surface area contributed by atoms with Crippen molar-refractivity contribution in [3.8, 4) is 0 Å². The lowest BCUT2D eigenvalue weighted by atomic mass is 9.97. The number of nitrogens with two attached hydrogens (primary N) is 1. The number of benzene rings is 2. The van der Waals surface area contributed by atoms with E-state index < -0.39 is 23.5 Å². The van der Waals surface area contributed by atoms with E-state index in [1.807, 2.05) is 42.5 Å². The molecule has 0 unspecified atom stereocenters. The number of para-hydroxylation sites is 1. The quantitative estimate of drug-likeness (QED) is 0.0650. The van der Waals surface area contributed by atoms with Gasteiger partial charge in [0.15, 0.2) is 5.96 Å². The molecule has 0 saturated carbocycles. The van der Waals surface area contributed by atoms with Crippen molar-refractivity contribution in [3.63, 3.8) is 0 Å². The molecule has 1 aromatic heterocycles. The van der Waals surface area contributed by atoms with E-state index in [1.54, 1.807) is 12.1 Å². The molecule has 10 heteroatoms. The van der Waals surface area contributed by atoms with Gasteiger partial charge in [0.1, 0.15) is 17.2 Å². The molecule has 3 rings (SSSR count). The molecule has 0 saturated heterocycles. The van der Waals surface area contributed by atoms with Gasteiger partial charge in [-0.3, -0.25) is 25.2 Å². The molecule has 39 heavy (non-hydrogen) atoms. The molecule has 0 spiro atoms. The number of hydrogen-bond donors (Lipinski definition) is 5. The molecule has 2 amide bonds. The van der Waals surface area contributed by atoms with E-state index in [9.17, 15) is 14.4 Å². The molecule has 10 nitrogen and oxygen atoms in total. The number of hydroxylamine groups is 1. The number of imide groups is 1. The van der Waals surface area contributed by atoms with Gasteiger partial charge in [0.05, 0.1) is 6.61 Å². The Balaban J connectivity index is 1.77. The Kier molecular flexibility index (Phi) is 11.7. The van der Waals surface area contributed by atoms with Crippen molar-refractivity contribution in [1.29, 1.82) is 5.41 Å². The zero-order valence-corrected chi connectivity index (χ0v) is 22.3. The van der Waals surface area contributed by atoms with E-state index in [-0.39, 0.29) is 24.6 Å². The lowest BCUT2D eigenvalue weighted by molar-refractivity contribution is -0.127. The summed E-state index contributed by atoms with van der Waals surface area (Å²) in [6, 6.07) is 15.6. The molecule has 1 atom stereocenters. The van der Waals surface area contributed by atoms with Crippen molar-refractivity contribution < 1.29 is 18.8 Å². The fraction of sp³-hybridized carbons (Fsp3) is 0.379. The Morgan fingerprint density at radius 1 is 1.03 bits per heavy atom. The molecule has 208 valence electrons. The van der Waals surface area contributed by atoms with Crippen LogP contribution in [-0.2, 0) is 22.7 Å². The molecule has 0 fully saturated rings. The highest BCUT2D eigenvalue weighted by molar-refractivity contribution is 6.08. The van der Waals surface area contributed by atoms with Crippen molar-refractivity contribution >= 4 is 28.7 Å². The molecular weight excluding hydrogens is 498 g/mol. The SMILES string of the molecule is CCCCCCc1c(C(=O)NC(=O)[C@H](CCCNC(=N)N)NOCc2ccccc2)c(=O)oc2ccccc12. The van der Waals surface area contributed by atoms with Gasteiger partial charge in [-0.1, -0.05) is 74.7 Å². The van der Waals surface area contributed by atoms with Crippen molar-refractivity contribution in [1.82, 2.24) is 16.1 Å². The van der Waals surface area contributed by atoms with Gasteiger partial charge in [0, 0.05) is 11.9 Å². The Morgan fingerprint density at radius 2 is 1.77 bits per heavy atom. The van der Waals surface area contributed by atoms with E-state index in [1.165, 1.54) is 0 Å². The summed E-state index contributed by atoms with van der Waals surface area (Å²) in [5, 5.41) is 13.0. The molecule has 3 aromatic rings. The van der Waals surface area contributed by atoms with Gasteiger partial charge in [-0.05, 0) is 42.9 Å². The fourth-order valence-electron chi connectivity index (χ4n) is 4.27. The van der Waals surface area contributed by atoms with Crippen LogP contribution in [0.25, 0.3) is 11.0 Å². The maximum atomic E-state index is 13.3. The van der Waals surface area contributed by atoms with E-state index in [4.69, 9.17) is 20.4 Å². The first-order valence-electron chi connectivity index (χ1n) is 13.3. The number of fused-ring (bicyclic) bond motifs is 1. The summed E-state index contributed by atoms with van der Waals surface area (Å²) in [7, 11) is 0. The molecule has 0 radical (unpaired) electrons. The fourth-order valence-corrected chi connectivity index (χ4v) is 4.27. The molecule has 0 aliphatic rings. The first kappa shape index (κ1) is 29.5. The standard InChI is InChI=1S/C29H37N5O5/c1-2-3-4-8-15-22-21-14-9-10-17-24(21)39-28(37)25(22)27(36)33-26(35)23(16-11-18-32-29(30)31)34-38-19-20-12-6-5-7-13-20/h5-7,9-10,12-14,17,23,34H,2-4,8,11,15-16,18-19H2,1H3,(H4,30,31,32)(H,33,35,36)/t23-/m0/s1. The highest BCUT2D eigenvalue weighted by Gasteiger charge is 2.26. The topological polar surface area (TPSA) is 160 Å². The predicted molar refractivity (Wildman–Crippen MR) is 150 cm³/mol. The van der Waals surface area contributed by atoms with Crippen LogP contribution >= 0.6 is 0 Å². The Hall–Kier alpha value is -4.02. The predicted octanol–water partition coefficient (Wildman–Crippen LogP) is 3.53. The molecule has 0 aliphatic carbocycles. The summed E-state index contributed by atoms with van der Waals surface area (Å²) in [4.78, 5) is 45.0. The minimum Gasteiger partial charge on any atom is -0.422 e. The number of carbonyl (C=O) groups is 2. The van der Waals surface area contributed by atoms with Gasteiger partial charge in [-0.2, -0.15) is 5.48 Å². The second-order valence-electron chi connectivity index (χ2n) is 9.30. The molecule has 2 aromatic carbocycles. The van der Waals surface area contributed by atoms with E-state index in [2.05, 4.69) is 23.0 Å². The van der Waals surface area contributed by atoms with Gasteiger partial charge in [0.2, 0.25) is 5.91 Å². The number of rotatable bonds is 15. The zero-order chi connectivity index (χ0) is 28.0. The van der Waals surface area contributed by atoms with Gasteiger partial charge < -0.3 is 15.5 Å². The second-order valence-corrected chi connectivity index (χ2v) is 9.30. The summed E-state index contributed by atoms with van der Waals surface area (Å²) in [6.07, 6.45) is 5.14. The van der Waals surface area contributed by atoms with Gasteiger partial charge in [0.25, 0.3) is 5.91 Å². The van der Waals surface area contributed by atoms with Crippen molar-refractivity contribution in [3.05, 3.63) is 81.7 Å². The molecular formula is C29H37N5O5. The Morgan fingerprint density at radius 3 is 2.51 bits per heavy atom. The lowest BCUT2D eigenvalue weighted by Gasteiger charge is -2.18. The summed E-state index contributed by atoms with van der Waals surface area (Å²) in [5.41, 5.74) is 9.03. The normalized spacial score (nSPS) is 11.7. The molecule has 1 heterocycles. The maximum Gasteiger partial charge on any atom is 0.349 e. The third kappa shape index (κ3) is 9.05. The number of hydrogen-bond acceptors (Lipinski definition) is 7. The maximum absolute atomic E-state index is 13.3. The summed E-state index contributed by atoms with van der Waals surface area (Å²) < 4.78 is 5.43. The van der Waals surface area contributed by atoms with Gasteiger partial charge in [-0.25, -0.2) is 4.79 Å². The largest absolute Gasteiger partial charge is 0.422 e. The van der Waals surface area contributed by atoms with Crippen LogP contribution in [0.2, 0.25) is 0 Å². The number of carbonyl (C=O) groups excluding carboxylic acids is 2. The number of guanidine groups is 1. The minimum absolute atomic E-state index is 0.152. The first-order valence-corrected chi connectivity index (χ1v) is 13.3. The van der Waals surface area contributed by atoms with Gasteiger partial charge in [-0.15, -0.1) is 0 Å². The molecule has 6 N–H and O–H groups in total. The zero-order valence-electron chi connectivity index (χ0n) is 22.3. The smallest absolute Gasteiger partial charge is 0.349 e. The lowest BCUT2D eigenvalue weighted by Crippen LogP contribution is -2.47. The Labute approximate surface area is 227 Å². The highest BCUT2D eigenvalue weighted by Crippen LogP contribution is 2.22.